The van der Waals surface area contributed by atoms with Gasteiger partial charge in [0, 0.05) is 44.5 Å². The summed E-state index contributed by atoms with van der Waals surface area (Å²) in [5, 5.41) is 3.42. The summed E-state index contributed by atoms with van der Waals surface area (Å²) in [6, 6.07) is 4.59. The minimum atomic E-state index is 0. The molecule has 1 N–H and O–H groups in total. The van der Waals surface area contributed by atoms with Crippen LogP contribution in [0, 0.1) is 5.92 Å². The van der Waals surface area contributed by atoms with E-state index in [2.05, 4.69) is 35.1 Å². The van der Waals surface area contributed by atoms with Crippen molar-refractivity contribution in [2.24, 2.45) is 5.92 Å². The zero-order valence-corrected chi connectivity index (χ0v) is 14.7. The summed E-state index contributed by atoms with van der Waals surface area (Å²) in [5.41, 5.74) is 1.30. The summed E-state index contributed by atoms with van der Waals surface area (Å²) in [5.74, 6) is 1.37. The summed E-state index contributed by atoms with van der Waals surface area (Å²) >= 11 is 0. The second-order valence-corrected chi connectivity index (χ2v) is 5.57. The maximum absolute atomic E-state index is 5.14. The smallest absolute Gasteiger partial charge is 0.212 e. The van der Waals surface area contributed by atoms with Crippen molar-refractivity contribution in [2.75, 3.05) is 33.3 Å². The molecule has 0 spiro atoms. The maximum atomic E-state index is 5.14. The summed E-state index contributed by atoms with van der Waals surface area (Å²) in [7, 11) is 1.66. The molecule has 1 atom stereocenters. The number of piperazine rings is 1. The number of nitrogens with zero attached hydrogens (tertiary/aromatic N) is 2. The molecule has 4 nitrogen and oxygen atoms in total. The summed E-state index contributed by atoms with van der Waals surface area (Å²) in [6.45, 7) is 8.96. The Morgan fingerprint density at radius 1 is 1.24 bits per heavy atom. The third-order valence-electron chi connectivity index (χ3n) is 3.64. The lowest BCUT2D eigenvalue weighted by Gasteiger charge is -2.36. The van der Waals surface area contributed by atoms with E-state index in [1.807, 2.05) is 12.3 Å². The third kappa shape index (κ3) is 5.99. The molecule has 1 fully saturated rings. The van der Waals surface area contributed by atoms with Crippen molar-refractivity contribution in [1.82, 2.24) is 15.2 Å². The van der Waals surface area contributed by atoms with E-state index < -0.39 is 0 Å². The predicted molar refractivity (Wildman–Crippen MR) is 91.9 cm³/mol. The van der Waals surface area contributed by atoms with Crippen LogP contribution >= 0.6 is 24.8 Å². The third-order valence-corrected chi connectivity index (χ3v) is 3.64. The Balaban J connectivity index is 0.00000200. The molecule has 0 amide bonds. The molecule has 1 aliphatic rings. The first kappa shape index (κ1) is 20.5. The van der Waals surface area contributed by atoms with Gasteiger partial charge < -0.3 is 10.1 Å². The van der Waals surface area contributed by atoms with Crippen molar-refractivity contribution in [3.05, 3.63) is 23.9 Å². The summed E-state index contributed by atoms with van der Waals surface area (Å²) in [6.07, 6.45) is 3.14. The molecule has 0 unspecified atom stereocenters. The molecule has 6 heteroatoms. The van der Waals surface area contributed by atoms with Crippen molar-refractivity contribution in [2.45, 2.75) is 26.3 Å². The largest absolute Gasteiger partial charge is 0.481 e. The first-order valence-electron chi connectivity index (χ1n) is 7.15. The average Bonchev–Trinajstić information content (AvgIpc) is 2.46. The molecule has 1 aromatic rings. The molecule has 1 saturated heterocycles. The monoisotopic (exact) mass is 335 g/mol. The molecule has 0 aliphatic carbocycles. The Morgan fingerprint density at radius 2 is 1.90 bits per heavy atom. The lowest BCUT2D eigenvalue weighted by Crippen LogP contribution is -2.45. The van der Waals surface area contributed by atoms with E-state index in [1.165, 1.54) is 12.0 Å². The van der Waals surface area contributed by atoms with Crippen LogP contribution in [0.5, 0.6) is 5.88 Å². The van der Waals surface area contributed by atoms with Crippen LogP contribution in [0.1, 0.15) is 31.9 Å². The highest BCUT2D eigenvalue weighted by atomic mass is 35.5. The fraction of sp³-hybridized carbons (Fsp3) is 0.667. The van der Waals surface area contributed by atoms with Gasteiger partial charge in [-0.05, 0) is 17.9 Å². The quantitative estimate of drug-likeness (QED) is 0.897. The number of hydrogen-bond donors (Lipinski definition) is 1. The van der Waals surface area contributed by atoms with E-state index in [-0.39, 0.29) is 24.8 Å². The van der Waals surface area contributed by atoms with Crippen molar-refractivity contribution < 1.29 is 4.74 Å². The average molecular weight is 336 g/mol. The zero-order valence-electron chi connectivity index (χ0n) is 13.0. The number of nitrogens with one attached hydrogen (secondary N) is 1. The first-order chi connectivity index (χ1) is 9.20. The van der Waals surface area contributed by atoms with Crippen LogP contribution in [0.2, 0.25) is 0 Å². The number of rotatable bonds is 5. The second kappa shape index (κ2) is 10.2. The lowest BCUT2D eigenvalue weighted by atomic mass is 9.96. The fourth-order valence-corrected chi connectivity index (χ4v) is 2.65. The Kier molecular flexibility index (Phi) is 9.95. The van der Waals surface area contributed by atoms with Crippen LogP contribution in [0.3, 0.4) is 0 Å². The van der Waals surface area contributed by atoms with Crippen molar-refractivity contribution in [3.8, 4) is 5.88 Å². The normalized spacial score (nSPS) is 16.8. The van der Waals surface area contributed by atoms with Gasteiger partial charge in [0.25, 0.3) is 0 Å². The molecule has 122 valence electrons. The number of halogens is 2. The molecule has 0 saturated carbocycles. The standard InChI is InChI=1S/C15H25N3O.2ClH/c1-12(2)10-14(18-8-6-16-7-9-18)13-4-5-15(19-3)17-11-13;;/h4-5,11-12,14,16H,6-10H2,1-3H3;2*1H/t14-;;/m1../s1. The van der Waals surface area contributed by atoms with E-state index in [4.69, 9.17) is 4.74 Å². The second-order valence-electron chi connectivity index (χ2n) is 5.57. The Morgan fingerprint density at radius 3 is 2.38 bits per heavy atom. The Bertz CT molecular complexity index is 381. The minimum absolute atomic E-state index is 0. The molecule has 2 heterocycles. The molecule has 21 heavy (non-hydrogen) atoms. The molecule has 0 radical (unpaired) electrons. The highest BCUT2D eigenvalue weighted by molar-refractivity contribution is 5.85. The molecule has 2 rings (SSSR count). The van der Waals surface area contributed by atoms with Gasteiger partial charge in [-0.25, -0.2) is 4.98 Å². The Labute approximate surface area is 140 Å². The topological polar surface area (TPSA) is 37.4 Å². The predicted octanol–water partition coefficient (Wildman–Crippen LogP) is 2.93. The van der Waals surface area contributed by atoms with Crippen molar-refractivity contribution in [1.29, 1.82) is 0 Å². The van der Waals surface area contributed by atoms with Gasteiger partial charge in [-0.15, -0.1) is 24.8 Å². The highest BCUT2D eigenvalue weighted by Gasteiger charge is 2.23. The molecule has 0 aromatic carbocycles. The van der Waals surface area contributed by atoms with Gasteiger partial charge in [0.2, 0.25) is 5.88 Å². The molecule has 0 bridgehead atoms. The van der Waals surface area contributed by atoms with E-state index in [1.54, 1.807) is 7.11 Å². The van der Waals surface area contributed by atoms with E-state index in [0.29, 0.717) is 17.8 Å². The molecular formula is C15H27Cl2N3O. The van der Waals surface area contributed by atoms with Gasteiger partial charge in [0.05, 0.1) is 7.11 Å². The van der Waals surface area contributed by atoms with Crippen LogP contribution in [-0.4, -0.2) is 43.2 Å². The van der Waals surface area contributed by atoms with Gasteiger partial charge in [-0.2, -0.15) is 0 Å². The van der Waals surface area contributed by atoms with Crippen LogP contribution in [0.25, 0.3) is 0 Å². The Hall–Kier alpha value is -0.550. The first-order valence-corrected chi connectivity index (χ1v) is 7.15. The number of hydrogen-bond acceptors (Lipinski definition) is 4. The number of methoxy groups -OCH3 is 1. The fourth-order valence-electron chi connectivity index (χ4n) is 2.65. The summed E-state index contributed by atoms with van der Waals surface area (Å²) < 4.78 is 5.14. The number of pyridine rings is 1. The molecule has 1 aliphatic heterocycles. The van der Waals surface area contributed by atoms with Crippen LogP contribution in [-0.2, 0) is 0 Å². The van der Waals surface area contributed by atoms with E-state index >= 15 is 0 Å². The van der Waals surface area contributed by atoms with Crippen LogP contribution in [0.4, 0.5) is 0 Å². The van der Waals surface area contributed by atoms with Crippen LogP contribution in [0.15, 0.2) is 18.3 Å². The number of ether oxygens (including phenoxy) is 1. The van der Waals surface area contributed by atoms with E-state index in [0.717, 1.165) is 26.2 Å². The lowest BCUT2D eigenvalue weighted by molar-refractivity contribution is 0.153. The molecule has 1 aromatic heterocycles. The maximum Gasteiger partial charge on any atom is 0.212 e. The van der Waals surface area contributed by atoms with E-state index in [9.17, 15) is 0 Å². The van der Waals surface area contributed by atoms with Gasteiger partial charge in [-0.3, -0.25) is 4.90 Å². The van der Waals surface area contributed by atoms with Gasteiger partial charge in [0.1, 0.15) is 0 Å². The van der Waals surface area contributed by atoms with Crippen LogP contribution < -0.4 is 10.1 Å². The van der Waals surface area contributed by atoms with Gasteiger partial charge in [-0.1, -0.05) is 19.9 Å². The van der Waals surface area contributed by atoms with Crippen molar-refractivity contribution in [3.63, 3.8) is 0 Å². The highest BCUT2D eigenvalue weighted by Crippen LogP contribution is 2.28. The molecular weight excluding hydrogens is 309 g/mol. The van der Waals surface area contributed by atoms with Crippen molar-refractivity contribution >= 4 is 24.8 Å². The van der Waals surface area contributed by atoms with Gasteiger partial charge in [0.15, 0.2) is 0 Å². The number of aromatic nitrogens is 1. The van der Waals surface area contributed by atoms with Gasteiger partial charge >= 0.3 is 0 Å². The summed E-state index contributed by atoms with van der Waals surface area (Å²) in [4.78, 5) is 6.93. The zero-order chi connectivity index (χ0) is 13.7. The SMILES string of the molecule is COc1ccc([C@@H](CC(C)C)N2CCNCC2)cn1.Cl.Cl. The minimum Gasteiger partial charge on any atom is -0.481 e.